The Bertz CT molecular complexity index is 648. The van der Waals surface area contributed by atoms with Crippen LogP contribution in [0.3, 0.4) is 0 Å². The van der Waals surface area contributed by atoms with Crippen molar-refractivity contribution in [2.24, 2.45) is 0 Å². The summed E-state index contributed by atoms with van der Waals surface area (Å²) in [4.78, 5) is 23.7. The van der Waals surface area contributed by atoms with Gasteiger partial charge in [0.1, 0.15) is 30.4 Å². The zero-order valence-electron chi connectivity index (χ0n) is 15.4. The van der Waals surface area contributed by atoms with Gasteiger partial charge in [0.2, 0.25) is 11.8 Å². The Morgan fingerprint density at radius 3 is 2.50 bits per heavy atom. The highest BCUT2D eigenvalue weighted by Gasteiger charge is 2.46. The summed E-state index contributed by atoms with van der Waals surface area (Å²) in [5.41, 5.74) is 0.837. The quantitative estimate of drug-likeness (QED) is 0.287. The smallest absolute Gasteiger partial charge is 0.243 e. The van der Waals surface area contributed by atoms with Gasteiger partial charge in [0.05, 0.1) is 13.2 Å². The molecule has 0 unspecified atom stereocenters. The highest BCUT2D eigenvalue weighted by atomic mass is 32.1. The first-order chi connectivity index (χ1) is 13.4. The van der Waals surface area contributed by atoms with Gasteiger partial charge in [0, 0.05) is 12.7 Å². The Morgan fingerprint density at radius 2 is 1.93 bits per heavy atom. The van der Waals surface area contributed by atoms with Crippen molar-refractivity contribution in [2.45, 2.75) is 50.2 Å². The van der Waals surface area contributed by atoms with Gasteiger partial charge in [-0.05, 0) is 5.56 Å². The van der Waals surface area contributed by atoms with Crippen molar-refractivity contribution in [1.82, 2.24) is 10.6 Å². The standard InChI is InChI=1S/C18H26N2O7S/c1-10(22)19-12(9-28)17(25)20-14-16(24)15(23)13(7-21)27-18(14)26-8-11-5-3-2-4-6-11/h2-6,12-16,18,21,23-24,28H,7-9H2,1H3,(H,19,22)(H,20,25)/t12-,13-,14-,15-,16-,18+/m1/s1. The fourth-order valence-electron chi connectivity index (χ4n) is 2.84. The lowest BCUT2D eigenvalue weighted by Gasteiger charge is -2.42. The molecule has 0 aromatic heterocycles. The van der Waals surface area contributed by atoms with Gasteiger partial charge in [-0.25, -0.2) is 0 Å². The van der Waals surface area contributed by atoms with E-state index in [0.717, 1.165) is 5.56 Å². The molecule has 6 atom stereocenters. The van der Waals surface area contributed by atoms with E-state index in [1.807, 2.05) is 30.3 Å². The zero-order valence-corrected chi connectivity index (χ0v) is 16.3. The summed E-state index contributed by atoms with van der Waals surface area (Å²) in [5, 5.41) is 35.0. The number of aliphatic hydroxyl groups excluding tert-OH is 3. The number of nitrogens with one attached hydrogen (secondary N) is 2. The van der Waals surface area contributed by atoms with Crippen molar-refractivity contribution in [3.63, 3.8) is 0 Å². The predicted molar refractivity (Wildman–Crippen MR) is 102 cm³/mol. The summed E-state index contributed by atoms with van der Waals surface area (Å²) in [5.74, 6) is -0.986. The molecule has 0 saturated carbocycles. The lowest BCUT2D eigenvalue weighted by Crippen LogP contribution is -2.66. The van der Waals surface area contributed by atoms with Crippen LogP contribution in [0.25, 0.3) is 0 Å². The first-order valence-corrected chi connectivity index (χ1v) is 9.47. The number of carbonyl (C=O) groups is 2. The van der Waals surface area contributed by atoms with Crippen molar-refractivity contribution in [3.8, 4) is 0 Å². The van der Waals surface area contributed by atoms with Crippen LogP contribution in [0.2, 0.25) is 0 Å². The number of thiol groups is 1. The van der Waals surface area contributed by atoms with Crippen LogP contribution in [0.15, 0.2) is 30.3 Å². The topological polar surface area (TPSA) is 137 Å². The molecule has 1 heterocycles. The molecule has 0 aliphatic carbocycles. The van der Waals surface area contributed by atoms with Gasteiger partial charge in [-0.3, -0.25) is 9.59 Å². The SMILES string of the molecule is CC(=O)N[C@H](CS)C(=O)N[C@H]1[C@@H](OCc2ccccc2)O[C@H](CO)[C@@H](O)[C@@H]1O. The number of hydrogen-bond donors (Lipinski definition) is 6. The third-order valence-electron chi connectivity index (χ3n) is 4.32. The summed E-state index contributed by atoms with van der Waals surface area (Å²) < 4.78 is 11.2. The maximum absolute atomic E-state index is 12.5. The molecule has 1 aromatic rings. The molecule has 0 bridgehead atoms. The van der Waals surface area contributed by atoms with E-state index < -0.39 is 55.1 Å². The number of ether oxygens (including phenoxy) is 2. The Balaban J connectivity index is 2.12. The average molecular weight is 414 g/mol. The molecule has 1 saturated heterocycles. The molecule has 1 aromatic carbocycles. The molecule has 1 fully saturated rings. The van der Waals surface area contributed by atoms with Crippen molar-refractivity contribution in [2.75, 3.05) is 12.4 Å². The summed E-state index contributed by atoms with van der Waals surface area (Å²) in [6, 6.07) is 7.13. The first-order valence-electron chi connectivity index (χ1n) is 8.83. The number of amides is 2. The van der Waals surface area contributed by atoms with Gasteiger partial charge in [0.25, 0.3) is 0 Å². The summed E-state index contributed by atoms with van der Waals surface area (Å²) in [7, 11) is 0. The van der Waals surface area contributed by atoms with Crippen molar-refractivity contribution < 1.29 is 34.4 Å². The van der Waals surface area contributed by atoms with Crippen LogP contribution >= 0.6 is 12.6 Å². The molecule has 5 N–H and O–H groups in total. The van der Waals surface area contributed by atoms with E-state index in [0.29, 0.717) is 0 Å². The van der Waals surface area contributed by atoms with E-state index >= 15 is 0 Å². The molecule has 9 nitrogen and oxygen atoms in total. The largest absolute Gasteiger partial charge is 0.394 e. The maximum atomic E-state index is 12.5. The predicted octanol–water partition coefficient (Wildman–Crippen LogP) is -1.44. The highest BCUT2D eigenvalue weighted by Crippen LogP contribution is 2.23. The fraction of sp³-hybridized carbons (Fsp3) is 0.556. The summed E-state index contributed by atoms with van der Waals surface area (Å²) >= 11 is 4.05. The molecule has 1 aliphatic rings. The van der Waals surface area contributed by atoms with Crippen LogP contribution in [0, 0.1) is 0 Å². The second kappa shape index (κ2) is 10.7. The molecule has 2 rings (SSSR count). The minimum absolute atomic E-state index is 0.0342. The second-order valence-electron chi connectivity index (χ2n) is 6.47. The lowest BCUT2D eigenvalue weighted by atomic mass is 9.96. The Kier molecular flexibility index (Phi) is 8.67. The van der Waals surface area contributed by atoms with Gasteiger partial charge in [-0.2, -0.15) is 12.6 Å². The second-order valence-corrected chi connectivity index (χ2v) is 6.84. The van der Waals surface area contributed by atoms with Crippen LogP contribution in [0.4, 0.5) is 0 Å². The van der Waals surface area contributed by atoms with Crippen molar-refractivity contribution >= 4 is 24.4 Å². The number of carbonyl (C=O) groups excluding carboxylic acids is 2. The normalized spacial score (nSPS) is 28.4. The van der Waals surface area contributed by atoms with E-state index in [-0.39, 0.29) is 12.4 Å². The molecule has 156 valence electrons. The van der Waals surface area contributed by atoms with Gasteiger partial charge < -0.3 is 35.4 Å². The molecule has 0 spiro atoms. The first kappa shape index (κ1) is 22.6. The van der Waals surface area contributed by atoms with Crippen LogP contribution < -0.4 is 10.6 Å². The summed E-state index contributed by atoms with van der Waals surface area (Å²) in [6.07, 6.45) is -5.08. The fourth-order valence-corrected chi connectivity index (χ4v) is 3.09. The van der Waals surface area contributed by atoms with Crippen LogP contribution in [-0.4, -0.2) is 76.2 Å². The minimum atomic E-state index is -1.45. The highest BCUT2D eigenvalue weighted by molar-refractivity contribution is 7.80. The van der Waals surface area contributed by atoms with Gasteiger partial charge in [-0.15, -0.1) is 0 Å². The van der Waals surface area contributed by atoms with E-state index in [2.05, 4.69) is 23.3 Å². The maximum Gasteiger partial charge on any atom is 0.243 e. The van der Waals surface area contributed by atoms with Gasteiger partial charge in [0.15, 0.2) is 6.29 Å². The Hall–Kier alpha value is -1.69. The zero-order chi connectivity index (χ0) is 20.7. The molecule has 1 aliphatic heterocycles. The van der Waals surface area contributed by atoms with Gasteiger partial charge in [-0.1, -0.05) is 30.3 Å². The molecule has 28 heavy (non-hydrogen) atoms. The average Bonchev–Trinajstić information content (AvgIpc) is 2.69. The van der Waals surface area contributed by atoms with E-state index in [1.165, 1.54) is 6.92 Å². The third-order valence-corrected chi connectivity index (χ3v) is 4.69. The van der Waals surface area contributed by atoms with Crippen LogP contribution in [-0.2, 0) is 25.7 Å². The summed E-state index contributed by atoms with van der Waals surface area (Å²) in [6.45, 7) is 0.861. The van der Waals surface area contributed by atoms with Crippen molar-refractivity contribution in [3.05, 3.63) is 35.9 Å². The van der Waals surface area contributed by atoms with Gasteiger partial charge >= 0.3 is 0 Å². The molecular weight excluding hydrogens is 388 g/mol. The van der Waals surface area contributed by atoms with E-state index in [9.17, 15) is 24.9 Å². The molecule has 10 heteroatoms. The molecular formula is C18H26N2O7S. The number of aliphatic hydroxyl groups is 3. The third kappa shape index (κ3) is 5.90. The molecule has 2 amide bonds. The molecule has 0 radical (unpaired) electrons. The van der Waals surface area contributed by atoms with E-state index in [1.54, 1.807) is 0 Å². The van der Waals surface area contributed by atoms with Crippen LogP contribution in [0.1, 0.15) is 12.5 Å². The van der Waals surface area contributed by atoms with Crippen LogP contribution in [0.5, 0.6) is 0 Å². The van der Waals surface area contributed by atoms with E-state index in [4.69, 9.17) is 9.47 Å². The number of hydrogen-bond acceptors (Lipinski definition) is 8. The van der Waals surface area contributed by atoms with Crippen molar-refractivity contribution in [1.29, 1.82) is 0 Å². The number of benzene rings is 1. The Labute approximate surface area is 168 Å². The lowest BCUT2D eigenvalue weighted by molar-refractivity contribution is -0.273. The Morgan fingerprint density at radius 1 is 1.25 bits per heavy atom. The minimum Gasteiger partial charge on any atom is -0.394 e. The number of rotatable bonds is 8. The monoisotopic (exact) mass is 414 g/mol.